The molecule has 0 amide bonds. The minimum atomic E-state index is -0.454. The summed E-state index contributed by atoms with van der Waals surface area (Å²) in [5, 5.41) is 10.8. The zero-order chi connectivity index (χ0) is 20.8. The first-order chi connectivity index (χ1) is 14.1. The second kappa shape index (κ2) is 9.78. The summed E-state index contributed by atoms with van der Waals surface area (Å²) < 4.78 is 5.65. The molecule has 2 aromatic carbocycles. The van der Waals surface area contributed by atoms with Gasteiger partial charge >= 0.3 is 5.97 Å². The Morgan fingerprint density at radius 1 is 1.07 bits per heavy atom. The lowest BCUT2D eigenvalue weighted by molar-refractivity contribution is -0.129. The highest BCUT2D eigenvalue weighted by molar-refractivity contribution is 5.83. The molecule has 1 aliphatic carbocycles. The third-order valence-corrected chi connectivity index (χ3v) is 6.15. The molecule has 154 valence electrons. The number of aromatic hydroxyl groups is 1. The summed E-state index contributed by atoms with van der Waals surface area (Å²) in [6.45, 7) is 7.79. The van der Waals surface area contributed by atoms with Gasteiger partial charge in [-0.15, -0.1) is 0 Å². The van der Waals surface area contributed by atoms with Crippen LogP contribution in [0.1, 0.15) is 74.1 Å². The first-order valence-corrected chi connectivity index (χ1v) is 10.9. The molecule has 0 spiro atoms. The van der Waals surface area contributed by atoms with Gasteiger partial charge in [0.1, 0.15) is 11.5 Å². The Hall–Kier alpha value is -2.55. The van der Waals surface area contributed by atoms with Crippen molar-refractivity contribution < 1.29 is 14.6 Å². The highest BCUT2D eigenvalue weighted by Crippen LogP contribution is 2.46. The molecular weight excluding hydrogens is 360 g/mol. The minimum Gasteiger partial charge on any atom is -0.508 e. The lowest BCUT2D eigenvalue weighted by Crippen LogP contribution is -2.20. The number of phenols is 1. The van der Waals surface area contributed by atoms with E-state index in [0.29, 0.717) is 17.4 Å². The van der Waals surface area contributed by atoms with E-state index in [2.05, 4.69) is 32.6 Å². The molecule has 1 unspecified atom stereocenters. The fraction of sp³-hybridized carbons (Fsp3) is 0.423. The Morgan fingerprint density at radius 2 is 1.69 bits per heavy atom. The Labute approximate surface area is 174 Å². The first-order valence-electron chi connectivity index (χ1n) is 10.9. The summed E-state index contributed by atoms with van der Waals surface area (Å²) in [5.74, 6) is 0.852. The minimum absolute atomic E-state index is 0.000848. The second-order valence-electron chi connectivity index (χ2n) is 7.97. The van der Waals surface area contributed by atoms with E-state index < -0.39 is 5.97 Å². The van der Waals surface area contributed by atoms with E-state index in [4.69, 9.17) is 4.74 Å². The number of phenolic OH excluding ortho intramolecular Hbond substituents is 1. The summed E-state index contributed by atoms with van der Waals surface area (Å²) in [5.41, 5.74) is 4.34. The van der Waals surface area contributed by atoms with Gasteiger partial charge in [-0.05, 0) is 54.9 Å². The predicted molar refractivity (Wildman–Crippen MR) is 118 cm³/mol. The number of rotatable bonds is 7. The fourth-order valence-corrected chi connectivity index (χ4v) is 4.52. The maximum atomic E-state index is 12.0. The van der Waals surface area contributed by atoms with Crippen molar-refractivity contribution in [2.75, 3.05) is 0 Å². The third-order valence-electron chi connectivity index (χ3n) is 6.15. The molecule has 3 heteroatoms. The first kappa shape index (κ1) is 21.2. The van der Waals surface area contributed by atoms with Crippen LogP contribution in [-0.4, -0.2) is 11.1 Å². The maximum absolute atomic E-state index is 12.0. The van der Waals surface area contributed by atoms with Crippen LogP contribution >= 0.6 is 0 Å². The molecule has 1 aliphatic rings. The standard InChI is InChI=1S/C26H32O3/c1-4-18-12-14-23(27)21(16-18)26(20-10-8-7-9-11-20)22-17-19(5-2)13-15-24(22)29-25(28)6-3/h6,12-17,20,26-27H,3-5,7-11H2,1-2H3. The lowest BCUT2D eigenvalue weighted by Gasteiger charge is -2.33. The Bertz CT molecular complexity index is 862. The largest absolute Gasteiger partial charge is 0.508 e. The van der Waals surface area contributed by atoms with E-state index in [1.54, 1.807) is 0 Å². The van der Waals surface area contributed by atoms with Gasteiger partial charge in [0.05, 0.1) is 0 Å². The van der Waals surface area contributed by atoms with Crippen molar-refractivity contribution in [2.45, 2.75) is 64.7 Å². The average Bonchev–Trinajstić information content (AvgIpc) is 2.76. The number of esters is 1. The van der Waals surface area contributed by atoms with Crippen molar-refractivity contribution in [1.82, 2.24) is 0 Å². The highest BCUT2D eigenvalue weighted by Gasteiger charge is 2.31. The number of carbonyl (C=O) groups excluding carboxylic acids is 1. The van der Waals surface area contributed by atoms with Crippen molar-refractivity contribution in [3.8, 4) is 11.5 Å². The molecule has 0 aliphatic heterocycles. The van der Waals surface area contributed by atoms with Gasteiger partial charge < -0.3 is 9.84 Å². The number of aryl methyl sites for hydroxylation is 2. The molecule has 1 saturated carbocycles. The molecule has 2 aromatic rings. The van der Waals surface area contributed by atoms with Crippen LogP contribution in [0.2, 0.25) is 0 Å². The van der Waals surface area contributed by atoms with Crippen LogP contribution in [0.5, 0.6) is 11.5 Å². The van der Waals surface area contributed by atoms with E-state index in [9.17, 15) is 9.90 Å². The van der Waals surface area contributed by atoms with Gasteiger partial charge in [-0.3, -0.25) is 0 Å². The van der Waals surface area contributed by atoms with Crippen LogP contribution in [0.15, 0.2) is 49.1 Å². The summed E-state index contributed by atoms with van der Waals surface area (Å²) in [6, 6.07) is 12.0. The fourth-order valence-electron chi connectivity index (χ4n) is 4.52. The van der Waals surface area contributed by atoms with Crippen LogP contribution in [0, 0.1) is 5.92 Å². The molecule has 0 heterocycles. The molecule has 0 aromatic heterocycles. The summed E-state index contributed by atoms with van der Waals surface area (Å²) in [7, 11) is 0. The molecule has 1 fully saturated rings. The van der Waals surface area contributed by atoms with Gasteiger partial charge in [-0.2, -0.15) is 0 Å². The molecule has 29 heavy (non-hydrogen) atoms. The molecule has 3 nitrogen and oxygen atoms in total. The molecule has 1 atom stereocenters. The molecular formula is C26H32O3. The van der Waals surface area contributed by atoms with Gasteiger partial charge in [0.15, 0.2) is 0 Å². The average molecular weight is 393 g/mol. The van der Waals surface area contributed by atoms with E-state index >= 15 is 0 Å². The smallest absolute Gasteiger partial charge is 0.335 e. The lowest BCUT2D eigenvalue weighted by atomic mass is 9.72. The number of benzene rings is 2. The van der Waals surface area contributed by atoms with Crippen molar-refractivity contribution in [2.24, 2.45) is 5.92 Å². The Morgan fingerprint density at radius 3 is 2.31 bits per heavy atom. The second-order valence-corrected chi connectivity index (χ2v) is 7.97. The SMILES string of the molecule is C=CC(=O)Oc1ccc(CC)cc1C(c1cc(CC)ccc1O)C1CCCCC1. The van der Waals surface area contributed by atoms with E-state index in [0.717, 1.165) is 36.8 Å². The number of hydrogen-bond donors (Lipinski definition) is 1. The molecule has 0 radical (unpaired) electrons. The molecule has 0 bridgehead atoms. The number of carbonyl (C=O) groups is 1. The van der Waals surface area contributed by atoms with E-state index in [1.165, 1.54) is 36.5 Å². The van der Waals surface area contributed by atoms with Crippen LogP contribution < -0.4 is 4.74 Å². The van der Waals surface area contributed by atoms with Crippen molar-refractivity contribution in [1.29, 1.82) is 0 Å². The third kappa shape index (κ3) is 4.90. The topological polar surface area (TPSA) is 46.5 Å². The zero-order valence-corrected chi connectivity index (χ0v) is 17.6. The Kier molecular flexibility index (Phi) is 7.13. The van der Waals surface area contributed by atoms with Crippen molar-refractivity contribution >= 4 is 5.97 Å². The predicted octanol–water partition coefficient (Wildman–Crippen LogP) is 6.32. The normalized spacial score (nSPS) is 15.7. The Balaban J connectivity index is 2.18. The molecule has 1 N–H and O–H groups in total. The van der Waals surface area contributed by atoms with E-state index in [-0.39, 0.29) is 5.92 Å². The summed E-state index contributed by atoms with van der Waals surface area (Å²) in [6.07, 6.45) is 8.91. The maximum Gasteiger partial charge on any atom is 0.335 e. The molecule has 3 rings (SSSR count). The van der Waals surface area contributed by atoms with Crippen LogP contribution in [-0.2, 0) is 17.6 Å². The summed E-state index contributed by atoms with van der Waals surface area (Å²) >= 11 is 0. The van der Waals surface area contributed by atoms with Crippen LogP contribution in [0.4, 0.5) is 0 Å². The van der Waals surface area contributed by atoms with Crippen molar-refractivity contribution in [3.63, 3.8) is 0 Å². The van der Waals surface area contributed by atoms with Gasteiger partial charge in [-0.1, -0.05) is 64.0 Å². The van der Waals surface area contributed by atoms with Gasteiger partial charge in [-0.25, -0.2) is 4.79 Å². The van der Waals surface area contributed by atoms with E-state index in [1.807, 2.05) is 24.3 Å². The zero-order valence-electron chi connectivity index (χ0n) is 17.6. The summed E-state index contributed by atoms with van der Waals surface area (Å²) in [4.78, 5) is 12.0. The highest BCUT2D eigenvalue weighted by atomic mass is 16.5. The van der Waals surface area contributed by atoms with Crippen LogP contribution in [0.3, 0.4) is 0 Å². The quantitative estimate of drug-likeness (QED) is 0.341. The van der Waals surface area contributed by atoms with Gasteiger partial charge in [0.25, 0.3) is 0 Å². The monoisotopic (exact) mass is 392 g/mol. The van der Waals surface area contributed by atoms with Gasteiger partial charge in [0, 0.05) is 23.1 Å². The van der Waals surface area contributed by atoms with Crippen molar-refractivity contribution in [3.05, 3.63) is 71.3 Å². The van der Waals surface area contributed by atoms with Crippen LogP contribution in [0.25, 0.3) is 0 Å². The van der Waals surface area contributed by atoms with Gasteiger partial charge in [0.2, 0.25) is 0 Å². The number of ether oxygens (including phenoxy) is 1. The molecule has 0 saturated heterocycles. The number of hydrogen-bond acceptors (Lipinski definition) is 3.